The molecule has 0 radical (unpaired) electrons. The van der Waals surface area contributed by atoms with E-state index in [2.05, 4.69) is 26.0 Å². The van der Waals surface area contributed by atoms with Gasteiger partial charge in [0.2, 0.25) is 0 Å². The van der Waals surface area contributed by atoms with Gasteiger partial charge in [-0.1, -0.05) is 0 Å². The number of alkyl halides is 2. The van der Waals surface area contributed by atoms with E-state index < -0.39 is 23.7 Å². The lowest BCUT2D eigenvalue weighted by Crippen LogP contribution is -2.00. The van der Waals surface area contributed by atoms with Gasteiger partial charge in [-0.05, 0) is 22.0 Å². The molecule has 1 N–H and O–H groups in total. The molecular formula is C10H6BrF2N3O2. The molecule has 0 aliphatic carbocycles. The number of rotatable bonds is 3. The summed E-state index contributed by atoms with van der Waals surface area (Å²) in [7, 11) is 0. The van der Waals surface area contributed by atoms with Crippen LogP contribution in [0.15, 0.2) is 29.1 Å². The van der Waals surface area contributed by atoms with E-state index in [0.717, 1.165) is 10.9 Å². The number of carbonyl (C=O) groups is 1. The highest BCUT2D eigenvalue weighted by atomic mass is 79.9. The second-order valence-electron chi connectivity index (χ2n) is 3.34. The normalized spacial score (nSPS) is 10.9. The smallest absolute Gasteiger partial charge is 0.339 e. The van der Waals surface area contributed by atoms with Crippen molar-refractivity contribution in [3.05, 3.63) is 40.4 Å². The van der Waals surface area contributed by atoms with E-state index in [0.29, 0.717) is 10.2 Å². The zero-order valence-electron chi connectivity index (χ0n) is 8.72. The lowest BCUT2D eigenvalue weighted by Gasteiger charge is -2.00. The standard InChI is InChI=1S/C10H6BrF2N3O2/c11-5-1-6(3-14-2-5)16-4-7(10(17)18)8(15-16)9(12)13/h1-4,9H,(H,17,18). The van der Waals surface area contributed by atoms with Crippen LogP contribution in [0.3, 0.4) is 0 Å². The molecule has 5 nitrogen and oxygen atoms in total. The molecule has 2 rings (SSSR count). The molecule has 0 aliphatic rings. The molecule has 0 bridgehead atoms. The first-order chi connectivity index (χ1) is 8.49. The van der Waals surface area contributed by atoms with Crippen molar-refractivity contribution < 1.29 is 18.7 Å². The van der Waals surface area contributed by atoms with Crippen LogP contribution in [0.4, 0.5) is 8.78 Å². The van der Waals surface area contributed by atoms with Gasteiger partial charge in [-0.2, -0.15) is 5.10 Å². The highest BCUT2D eigenvalue weighted by Crippen LogP contribution is 2.23. The number of aromatic carboxylic acids is 1. The molecule has 2 aromatic heterocycles. The first-order valence-electron chi connectivity index (χ1n) is 4.71. The molecule has 2 aromatic rings. The van der Waals surface area contributed by atoms with Gasteiger partial charge in [0.15, 0.2) is 0 Å². The van der Waals surface area contributed by atoms with Gasteiger partial charge in [-0.3, -0.25) is 4.98 Å². The molecule has 0 unspecified atom stereocenters. The fraction of sp³-hybridized carbons (Fsp3) is 0.100. The number of hydrogen-bond donors (Lipinski definition) is 1. The summed E-state index contributed by atoms with van der Waals surface area (Å²) >= 11 is 3.17. The summed E-state index contributed by atoms with van der Waals surface area (Å²) in [6.45, 7) is 0. The Morgan fingerprint density at radius 3 is 2.67 bits per heavy atom. The Morgan fingerprint density at radius 2 is 2.17 bits per heavy atom. The minimum absolute atomic E-state index is 0.388. The van der Waals surface area contributed by atoms with Crippen LogP contribution in [0, 0.1) is 0 Å². The van der Waals surface area contributed by atoms with Crippen molar-refractivity contribution in [2.75, 3.05) is 0 Å². The van der Waals surface area contributed by atoms with Crippen LogP contribution in [-0.2, 0) is 0 Å². The Bertz CT molecular complexity index is 601. The van der Waals surface area contributed by atoms with Gasteiger partial charge in [0, 0.05) is 16.9 Å². The number of carboxylic acid groups (broad SMARTS) is 1. The maximum atomic E-state index is 12.6. The molecule has 0 atom stereocenters. The van der Waals surface area contributed by atoms with Crippen LogP contribution in [0.5, 0.6) is 0 Å². The summed E-state index contributed by atoms with van der Waals surface area (Å²) < 4.78 is 27.0. The average molecular weight is 318 g/mol. The highest BCUT2D eigenvalue weighted by Gasteiger charge is 2.23. The van der Waals surface area contributed by atoms with Gasteiger partial charge in [0.1, 0.15) is 11.3 Å². The first-order valence-corrected chi connectivity index (χ1v) is 5.50. The maximum Gasteiger partial charge on any atom is 0.339 e. The molecule has 0 aromatic carbocycles. The number of hydrogen-bond acceptors (Lipinski definition) is 3. The minimum Gasteiger partial charge on any atom is -0.478 e. The molecule has 0 saturated heterocycles. The molecule has 94 valence electrons. The van der Waals surface area contributed by atoms with Gasteiger partial charge in [-0.25, -0.2) is 18.3 Å². The summed E-state index contributed by atoms with van der Waals surface area (Å²) in [5.74, 6) is -1.44. The Hall–Kier alpha value is -1.83. The molecule has 0 spiro atoms. The summed E-state index contributed by atoms with van der Waals surface area (Å²) in [6.07, 6.45) is 0.989. The fourth-order valence-corrected chi connectivity index (χ4v) is 1.72. The van der Waals surface area contributed by atoms with E-state index in [-0.39, 0.29) is 0 Å². The van der Waals surface area contributed by atoms with E-state index >= 15 is 0 Å². The largest absolute Gasteiger partial charge is 0.478 e. The second-order valence-corrected chi connectivity index (χ2v) is 4.26. The van der Waals surface area contributed by atoms with Crippen molar-refractivity contribution in [3.63, 3.8) is 0 Å². The van der Waals surface area contributed by atoms with E-state index in [4.69, 9.17) is 5.11 Å². The zero-order chi connectivity index (χ0) is 13.3. The summed E-state index contributed by atoms with van der Waals surface area (Å²) in [5.41, 5.74) is -0.897. The van der Waals surface area contributed by atoms with E-state index in [1.165, 1.54) is 12.4 Å². The van der Waals surface area contributed by atoms with Gasteiger partial charge >= 0.3 is 5.97 Å². The SMILES string of the molecule is O=C(O)c1cn(-c2cncc(Br)c2)nc1C(F)F. The number of pyridine rings is 1. The average Bonchev–Trinajstić information content (AvgIpc) is 2.73. The lowest BCUT2D eigenvalue weighted by molar-refractivity contribution is 0.0684. The third-order valence-corrected chi connectivity index (χ3v) is 2.57. The Morgan fingerprint density at radius 1 is 1.44 bits per heavy atom. The number of nitrogens with zero attached hydrogens (tertiary/aromatic N) is 3. The van der Waals surface area contributed by atoms with Crippen molar-refractivity contribution in [3.8, 4) is 5.69 Å². The summed E-state index contributed by atoms with van der Waals surface area (Å²) in [5, 5.41) is 12.4. The maximum absolute atomic E-state index is 12.6. The predicted molar refractivity (Wildman–Crippen MR) is 61.0 cm³/mol. The number of carboxylic acids is 1. The fourth-order valence-electron chi connectivity index (χ4n) is 1.37. The van der Waals surface area contributed by atoms with Gasteiger partial charge in [0.05, 0.1) is 11.9 Å². The molecule has 0 saturated carbocycles. The van der Waals surface area contributed by atoms with Crippen molar-refractivity contribution >= 4 is 21.9 Å². The Kier molecular flexibility index (Phi) is 3.37. The molecule has 2 heterocycles. The zero-order valence-corrected chi connectivity index (χ0v) is 10.3. The van der Waals surface area contributed by atoms with Crippen LogP contribution >= 0.6 is 15.9 Å². The topological polar surface area (TPSA) is 68.0 Å². The van der Waals surface area contributed by atoms with E-state index in [1.807, 2.05) is 0 Å². The van der Waals surface area contributed by atoms with Crippen molar-refractivity contribution in [2.24, 2.45) is 0 Å². The Labute approximate surface area is 108 Å². The van der Waals surface area contributed by atoms with E-state index in [1.54, 1.807) is 6.07 Å². The molecule has 18 heavy (non-hydrogen) atoms. The molecule has 8 heteroatoms. The number of halogens is 3. The Balaban J connectivity index is 2.53. The van der Waals surface area contributed by atoms with Crippen molar-refractivity contribution in [1.29, 1.82) is 0 Å². The van der Waals surface area contributed by atoms with Gasteiger partial charge < -0.3 is 5.11 Å². The molecule has 0 amide bonds. The van der Waals surface area contributed by atoms with Crippen LogP contribution in [0.25, 0.3) is 5.69 Å². The van der Waals surface area contributed by atoms with Crippen molar-refractivity contribution in [2.45, 2.75) is 6.43 Å². The van der Waals surface area contributed by atoms with Gasteiger partial charge in [-0.15, -0.1) is 0 Å². The minimum atomic E-state index is -2.95. The molecule has 0 fully saturated rings. The second kappa shape index (κ2) is 4.81. The number of aromatic nitrogens is 3. The van der Waals surface area contributed by atoms with Crippen LogP contribution in [-0.4, -0.2) is 25.8 Å². The first kappa shape index (κ1) is 12.6. The highest BCUT2D eigenvalue weighted by molar-refractivity contribution is 9.10. The van der Waals surface area contributed by atoms with Crippen molar-refractivity contribution in [1.82, 2.24) is 14.8 Å². The quantitative estimate of drug-likeness (QED) is 0.945. The van der Waals surface area contributed by atoms with Crippen LogP contribution in [0.1, 0.15) is 22.5 Å². The third kappa shape index (κ3) is 2.37. The van der Waals surface area contributed by atoms with Crippen LogP contribution in [0.2, 0.25) is 0 Å². The van der Waals surface area contributed by atoms with E-state index in [9.17, 15) is 13.6 Å². The molecule has 0 aliphatic heterocycles. The summed E-state index contributed by atoms with van der Waals surface area (Å²) in [6, 6.07) is 1.58. The predicted octanol–water partition coefficient (Wildman–Crippen LogP) is 2.67. The van der Waals surface area contributed by atoms with Gasteiger partial charge in [0.25, 0.3) is 6.43 Å². The summed E-state index contributed by atoms with van der Waals surface area (Å²) in [4.78, 5) is 14.7. The monoisotopic (exact) mass is 317 g/mol. The van der Waals surface area contributed by atoms with Crippen LogP contribution < -0.4 is 0 Å². The lowest BCUT2D eigenvalue weighted by atomic mass is 10.2. The molecular weight excluding hydrogens is 312 g/mol. The third-order valence-electron chi connectivity index (χ3n) is 2.13.